The Kier molecular flexibility index (Phi) is 12.1. The molecule has 0 fully saturated rings. The summed E-state index contributed by atoms with van der Waals surface area (Å²) >= 11 is 0. The van der Waals surface area contributed by atoms with E-state index in [1.54, 1.807) is 0 Å². The van der Waals surface area contributed by atoms with Crippen molar-refractivity contribution in [3.05, 3.63) is 0 Å². The largest absolute Gasteiger partial charge is 0.481 e. The van der Waals surface area contributed by atoms with E-state index in [1.807, 2.05) is 13.8 Å². The topological polar surface area (TPSA) is 173 Å². The van der Waals surface area contributed by atoms with Gasteiger partial charge in [-0.15, -0.1) is 0 Å². The molecule has 6 N–H and O–H groups in total. The first-order valence-corrected chi connectivity index (χ1v) is 7.20. The number of carbonyl (C=O) groups is 3. The molecule has 0 amide bonds. The molecule has 0 aromatic carbocycles. The van der Waals surface area contributed by atoms with Gasteiger partial charge in [-0.1, -0.05) is 20.3 Å². The van der Waals surface area contributed by atoms with E-state index in [2.05, 4.69) is 0 Å². The van der Waals surface area contributed by atoms with Crippen molar-refractivity contribution < 1.29 is 45.0 Å². The van der Waals surface area contributed by atoms with E-state index >= 15 is 0 Å². The number of aliphatic hydroxyl groups excluding tert-OH is 2. The van der Waals surface area contributed by atoms with Gasteiger partial charge in [0.15, 0.2) is 5.60 Å². The number of aliphatic carboxylic acids is 3. The lowest BCUT2D eigenvalue weighted by molar-refractivity contribution is -0.170. The lowest BCUT2D eigenvalue weighted by Gasteiger charge is -2.18. The molecule has 0 radical (unpaired) electrons. The van der Waals surface area contributed by atoms with Crippen molar-refractivity contribution in [2.75, 3.05) is 6.61 Å². The number of carboxylic acids is 3. The molecule has 9 nitrogen and oxygen atoms in total. The third-order valence-electron chi connectivity index (χ3n) is 3.20. The highest BCUT2D eigenvalue weighted by atomic mass is 16.4. The quantitative estimate of drug-likeness (QED) is 0.318. The standard InChI is InChI=1S/C8H18O2.C6H8O7/c1-3-7(6-9)5-8(10)4-2;7-3(8)1-6(13,5(11)12)2-4(9)10/h7-10H,3-6H2,1-2H3;13H,1-2H2,(H,7,8)(H,9,10)(H,11,12). The fourth-order valence-electron chi connectivity index (χ4n) is 1.64. The predicted octanol–water partition coefficient (Wildman–Crippen LogP) is -0.0826. The highest BCUT2D eigenvalue weighted by Gasteiger charge is 2.40. The van der Waals surface area contributed by atoms with Gasteiger partial charge in [0.05, 0.1) is 18.9 Å². The van der Waals surface area contributed by atoms with Crippen molar-refractivity contribution in [2.24, 2.45) is 5.92 Å². The maximum atomic E-state index is 10.3. The summed E-state index contributed by atoms with van der Waals surface area (Å²) in [4.78, 5) is 30.5. The summed E-state index contributed by atoms with van der Waals surface area (Å²) in [7, 11) is 0. The number of hydrogen-bond acceptors (Lipinski definition) is 6. The Hall–Kier alpha value is -1.71. The third-order valence-corrected chi connectivity index (χ3v) is 3.20. The van der Waals surface area contributed by atoms with Gasteiger partial charge in [0.1, 0.15) is 0 Å². The number of rotatable bonds is 10. The summed E-state index contributed by atoms with van der Waals surface area (Å²) in [6.07, 6.45) is -0.0336. The Bertz CT molecular complexity index is 360. The first-order valence-electron chi connectivity index (χ1n) is 7.20. The second-order valence-corrected chi connectivity index (χ2v) is 5.23. The van der Waals surface area contributed by atoms with Gasteiger partial charge in [-0.2, -0.15) is 0 Å². The molecule has 136 valence electrons. The molecule has 2 atom stereocenters. The van der Waals surface area contributed by atoms with Crippen LogP contribution in [0.5, 0.6) is 0 Å². The van der Waals surface area contributed by atoms with Gasteiger partial charge >= 0.3 is 17.9 Å². The van der Waals surface area contributed by atoms with Crippen LogP contribution in [0.15, 0.2) is 0 Å². The molecule has 9 heteroatoms. The van der Waals surface area contributed by atoms with E-state index in [9.17, 15) is 19.5 Å². The summed E-state index contributed by atoms with van der Waals surface area (Å²) < 4.78 is 0. The normalized spacial score (nSPS) is 13.4. The van der Waals surface area contributed by atoms with Gasteiger partial charge in [0, 0.05) is 6.61 Å². The molecule has 0 aliphatic heterocycles. The van der Waals surface area contributed by atoms with Crippen molar-refractivity contribution in [2.45, 2.75) is 57.7 Å². The summed E-state index contributed by atoms with van der Waals surface area (Å²) in [5, 5.41) is 51.7. The summed E-state index contributed by atoms with van der Waals surface area (Å²) in [5.41, 5.74) is -2.74. The molecule has 0 bridgehead atoms. The Labute approximate surface area is 134 Å². The Balaban J connectivity index is 0. The zero-order chi connectivity index (χ0) is 18.6. The van der Waals surface area contributed by atoms with Crippen LogP contribution < -0.4 is 0 Å². The fourth-order valence-corrected chi connectivity index (χ4v) is 1.64. The van der Waals surface area contributed by atoms with Crippen molar-refractivity contribution >= 4 is 17.9 Å². The van der Waals surface area contributed by atoms with Gasteiger partial charge in [0.25, 0.3) is 0 Å². The van der Waals surface area contributed by atoms with Gasteiger partial charge in [-0.05, 0) is 18.8 Å². The molecule has 0 spiro atoms. The van der Waals surface area contributed by atoms with E-state index in [-0.39, 0.29) is 18.6 Å². The van der Waals surface area contributed by atoms with Crippen LogP contribution in [0.1, 0.15) is 46.0 Å². The molecular weight excluding hydrogens is 312 g/mol. The highest BCUT2D eigenvalue weighted by Crippen LogP contribution is 2.15. The molecule has 2 unspecified atom stereocenters. The first-order chi connectivity index (χ1) is 10.5. The molecule has 23 heavy (non-hydrogen) atoms. The number of aliphatic hydroxyl groups is 3. The Morgan fingerprint density at radius 2 is 1.39 bits per heavy atom. The van der Waals surface area contributed by atoms with Crippen LogP contribution in [-0.2, 0) is 14.4 Å². The lowest BCUT2D eigenvalue weighted by atomic mass is 9.96. The molecular formula is C14H26O9. The van der Waals surface area contributed by atoms with Crippen molar-refractivity contribution in [1.29, 1.82) is 0 Å². The van der Waals surface area contributed by atoms with E-state index in [0.29, 0.717) is 0 Å². The van der Waals surface area contributed by atoms with Crippen LogP contribution in [-0.4, -0.2) is 66.9 Å². The predicted molar refractivity (Wildman–Crippen MR) is 78.9 cm³/mol. The van der Waals surface area contributed by atoms with E-state index in [0.717, 1.165) is 19.3 Å². The molecule has 0 saturated heterocycles. The Morgan fingerprint density at radius 3 is 1.61 bits per heavy atom. The van der Waals surface area contributed by atoms with E-state index < -0.39 is 36.4 Å². The van der Waals surface area contributed by atoms with Crippen molar-refractivity contribution in [3.8, 4) is 0 Å². The number of carboxylic acid groups (broad SMARTS) is 3. The van der Waals surface area contributed by atoms with Gasteiger partial charge in [-0.25, -0.2) is 4.79 Å². The monoisotopic (exact) mass is 338 g/mol. The maximum Gasteiger partial charge on any atom is 0.336 e. The van der Waals surface area contributed by atoms with Crippen molar-refractivity contribution in [3.63, 3.8) is 0 Å². The van der Waals surface area contributed by atoms with Crippen LogP contribution >= 0.6 is 0 Å². The molecule has 0 aromatic rings. The second-order valence-electron chi connectivity index (χ2n) is 5.23. The van der Waals surface area contributed by atoms with Gasteiger partial charge in [0.2, 0.25) is 0 Å². The molecule has 0 heterocycles. The summed E-state index contributed by atoms with van der Waals surface area (Å²) in [6.45, 7) is 4.19. The average Bonchev–Trinajstić information content (AvgIpc) is 2.43. The smallest absolute Gasteiger partial charge is 0.336 e. The molecule has 0 saturated carbocycles. The van der Waals surface area contributed by atoms with Crippen LogP contribution in [0.25, 0.3) is 0 Å². The van der Waals surface area contributed by atoms with E-state index in [1.165, 1.54) is 0 Å². The summed E-state index contributed by atoms with van der Waals surface area (Å²) in [6, 6.07) is 0. The third kappa shape index (κ3) is 11.5. The van der Waals surface area contributed by atoms with Crippen molar-refractivity contribution in [1.82, 2.24) is 0 Å². The van der Waals surface area contributed by atoms with Crippen LogP contribution in [0.3, 0.4) is 0 Å². The zero-order valence-corrected chi connectivity index (χ0v) is 13.3. The van der Waals surface area contributed by atoms with Crippen LogP contribution in [0, 0.1) is 5.92 Å². The maximum absolute atomic E-state index is 10.3. The highest BCUT2D eigenvalue weighted by molar-refractivity contribution is 5.88. The minimum absolute atomic E-state index is 0.202. The average molecular weight is 338 g/mol. The second kappa shape index (κ2) is 11.8. The SMILES string of the molecule is CCC(O)CC(CC)CO.O=C(O)CC(O)(CC(=O)O)C(=O)O. The fraction of sp³-hybridized carbons (Fsp3) is 0.786. The molecule has 0 aliphatic rings. The molecule has 0 rings (SSSR count). The van der Waals surface area contributed by atoms with Crippen LogP contribution in [0.4, 0.5) is 0 Å². The van der Waals surface area contributed by atoms with E-state index in [4.69, 9.17) is 25.5 Å². The lowest BCUT2D eigenvalue weighted by Crippen LogP contribution is -2.42. The van der Waals surface area contributed by atoms with Gasteiger partial charge in [-0.3, -0.25) is 9.59 Å². The molecule has 0 aliphatic carbocycles. The molecule has 0 aromatic heterocycles. The first kappa shape index (κ1) is 23.6. The van der Waals surface area contributed by atoms with Gasteiger partial charge < -0.3 is 30.6 Å². The Morgan fingerprint density at radius 1 is 0.957 bits per heavy atom. The summed E-state index contributed by atoms with van der Waals surface area (Å²) in [5.74, 6) is -4.73. The van der Waals surface area contributed by atoms with Crippen LogP contribution in [0.2, 0.25) is 0 Å². The zero-order valence-electron chi connectivity index (χ0n) is 13.3. The number of hydrogen-bond donors (Lipinski definition) is 6. The minimum atomic E-state index is -2.74. The minimum Gasteiger partial charge on any atom is -0.481 e.